The maximum Gasteiger partial charge on any atom is 0.408 e. The minimum atomic E-state index is -4.59. The highest BCUT2D eigenvalue weighted by molar-refractivity contribution is 7.22. The molecule has 0 saturated heterocycles. The first kappa shape index (κ1) is 28.7. The van der Waals surface area contributed by atoms with Crippen molar-refractivity contribution in [2.45, 2.75) is 70.0 Å². The van der Waals surface area contributed by atoms with Gasteiger partial charge in [0.1, 0.15) is 17.0 Å². The van der Waals surface area contributed by atoms with Gasteiger partial charge in [-0.15, -0.1) is 11.3 Å². The molecule has 8 nitrogen and oxygen atoms in total. The van der Waals surface area contributed by atoms with Crippen LogP contribution >= 0.6 is 11.3 Å². The summed E-state index contributed by atoms with van der Waals surface area (Å²) in [7, 11) is 0. The van der Waals surface area contributed by atoms with E-state index in [1.54, 1.807) is 55.6 Å². The van der Waals surface area contributed by atoms with Crippen LogP contribution in [0.25, 0.3) is 31.9 Å². The SMILES string of the molecule is CC1(O)CC(OC(=O)NC(C)(C)C)(c2ccc(-c3sc4ncn(CC(F)(F)F)c(=O)c4c3-c3ccccn3)cc2)C1. The van der Waals surface area contributed by atoms with Gasteiger partial charge in [0.05, 0.1) is 23.0 Å². The third-order valence-electron chi connectivity index (χ3n) is 6.72. The molecule has 2 N–H and O–H groups in total. The van der Waals surface area contributed by atoms with E-state index >= 15 is 0 Å². The van der Waals surface area contributed by atoms with Crippen LogP contribution in [0.15, 0.2) is 59.8 Å². The Bertz CT molecular complexity index is 1650. The molecule has 41 heavy (non-hydrogen) atoms. The molecule has 12 heteroatoms. The number of aromatic nitrogens is 3. The highest BCUT2D eigenvalue weighted by Crippen LogP contribution is 2.52. The van der Waals surface area contributed by atoms with Gasteiger partial charge in [0.15, 0.2) is 0 Å². The lowest BCUT2D eigenvalue weighted by Gasteiger charge is -2.51. The highest BCUT2D eigenvalue weighted by atomic mass is 32.1. The van der Waals surface area contributed by atoms with Crippen molar-refractivity contribution >= 4 is 27.6 Å². The number of nitrogens with one attached hydrogen (secondary N) is 1. The molecule has 1 aliphatic carbocycles. The Balaban J connectivity index is 1.58. The Morgan fingerprint density at radius 3 is 2.37 bits per heavy atom. The van der Waals surface area contributed by atoms with Gasteiger partial charge in [0.2, 0.25) is 0 Å². The van der Waals surface area contributed by atoms with Gasteiger partial charge in [-0.2, -0.15) is 13.2 Å². The number of alkyl halides is 3. The van der Waals surface area contributed by atoms with Crippen molar-refractivity contribution in [1.82, 2.24) is 19.9 Å². The van der Waals surface area contributed by atoms with Crippen LogP contribution in [-0.2, 0) is 16.9 Å². The topological polar surface area (TPSA) is 106 Å². The molecule has 1 amide bonds. The molecule has 1 saturated carbocycles. The molecular weight excluding hydrogens is 557 g/mol. The number of aliphatic hydroxyl groups is 1. The zero-order valence-corrected chi connectivity index (χ0v) is 23.7. The van der Waals surface area contributed by atoms with E-state index in [0.717, 1.165) is 6.33 Å². The fourth-order valence-corrected chi connectivity index (χ4v) is 6.39. The van der Waals surface area contributed by atoms with E-state index in [2.05, 4.69) is 15.3 Å². The second-order valence-electron chi connectivity index (χ2n) is 11.7. The van der Waals surface area contributed by atoms with Gasteiger partial charge < -0.3 is 15.2 Å². The number of amides is 1. The molecule has 3 aromatic heterocycles. The Morgan fingerprint density at radius 2 is 1.80 bits per heavy atom. The molecular formula is C29H29F3N4O4S. The quantitative estimate of drug-likeness (QED) is 0.297. The predicted octanol–water partition coefficient (Wildman–Crippen LogP) is 6.01. The number of fused-ring (bicyclic) bond motifs is 1. The smallest absolute Gasteiger partial charge is 0.408 e. The first-order chi connectivity index (χ1) is 19.1. The van der Waals surface area contributed by atoms with Crippen LogP contribution in [0.4, 0.5) is 18.0 Å². The van der Waals surface area contributed by atoms with Crippen molar-refractivity contribution < 1.29 is 27.8 Å². The zero-order chi connectivity index (χ0) is 29.8. The molecule has 0 aliphatic heterocycles. The third kappa shape index (κ3) is 5.98. The molecule has 5 rings (SSSR count). The fourth-order valence-electron chi connectivity index (χ4n) is 5.24. The second kappa shape index (κ2) is 9.95. The lowest BCUT2D eigenvalue weighted by atomic mass is 9.65. The molecule has 1 aliphatic rings. The number of hydrogen-bond acceptors (Lipinski definition) is 7. The summed E-state index contributed by atoms with van der Waals surface area (Å²) in [5.74, 6) is 0. The van der Waals surface area contributed by atoms with Crippen LogP contribution in [-0.4, -0.2) is 43.1 Å². The van der Waals surface area contributed by atoms with E-state index < -0.39 is 41.1 Å². The normalized spacial score (nSPS) is 21.0. The summed E-state index contributed by atoms with van der Waals surface area (Å²) in [5, 5.41) is 13.4. The maximum atomic E-state index is 13.3. The summed E-state index contributed by atoms with van der Waals surface area (Å²) in [6.07, 6.45) is -2.31. The van der Waals surface area contributed by atoms with Gasteiger partial charge in [-0.25, -0.2) is 9.78 Å². The van der Waals surface area contributed by atoms with Gasteiger partial charge in [-0.05, 0) is 51.0 Å². The average molecular weight is 587 g/mol. The van der Waals surface area contributed by atoms with Gasteiger partial charge >= 0.3 is 12.3 Å². The minimum absolute atomic E-state index is 0.0632. The number of hydrogen-bond donors (Lipinski definition) is 2. The van der Waals surface area contributed by atoms with E-state index in [4.69, 9.17) is 4.74 Å². The molecule has 0 spiro atoms. The van der Waals surface area contributed by atoms with Crippen molar-refractivity contribution in [3.05, 3.63) is 70.9 Å². The Labute approximate surface area is 237 Å². The molecule has 0 atom stereocenters. The summed E-state index contributed by atoms with van der Waals surface area (Å²) in [6.45, 7) is 5.74. The van der Waals surface area contributed by atoms with Crippen molar-refractivity contribution in [3.8, 4) is 21.7 Å². The fraction of sp³-hybridized carbons (Fsp3) is 0.379. The summed E-state index contributed by atoms with van der Waals surface area (Å²) in [4.78, 5) is 35.4. The summed E-state index contributed by atoms with van der Waals surface area (Å²) >= 11 is 1.18. The summed E-state index contributed by atoms with van der Waals surface area (Å²) in [6, 6.07) is 12.3. The number of halogens is 3. The summed E-state index contributed by atoms with van der Waals surface area (Å²) < 4.78 is 45.8. The second-order valence-corrected chi connectivity index (χ2v) is 12.7. The molecule has 216 valence electrons. The van der Waals surface area contributed by atoms with E-state index in [1.807, 2.05) is 20.8 Å². The van der Waals surface area contributed by atoms with E-state index in [0.29, 0.717) is 36.7 Å². The number of carbonyl (C=O) groups is 1. The van der Waals surface area contributed by atoms with Crippen LogP contribution in [0, 0.1) is 0 Å². The number of thiophene rings is 1. The van der Waals surface area contributed by atoms with E-state index in [1.165, 1.54) is 11.3 Å². The van der Waals surface area contributed by atoms with E-state index in [-0.39, 0.29) is 18.2 Å². The Kier molecular flexibility index (Phi) is 6.98. The monoisotopic (exact) mass is 586 g/mol. The number of benzene rings is 1. The molecule has 0 radical (unpaired) electrons. The van der Waals surface area contributed by atoms with Gasteiger partial charge in [0.25, 0.3) is 5.56 Å². The van der Waals surface area contributed by atoms with Crippen molar-refractivity contribution in [2.24, 2.45) is 0 Å². The third-order valence-corrected chi connectivity index (χ3v) is 7.87. The van der Waals surface area contributed by atoms with Crippen LogP contribution in [0.1, 0.15) is 46.1 Å². The lowest BCUT2D eigenvalue weighted by molar-refractivity contribution is -0.177. The maximum absolute atomic E-state index is 13.3. The van der Waals surface area contributed by atoms with Crippen LogP contribution in [0.2, 0.25) is 0 Å². The number of alkyl carbamates (subject to hydrolysis) is 1. The standard InChI is InChI=1S/C29H29F3N4O4S/c1-26(2,3)35-25(38)40-28(13-27(4,39)14-28)18-10-8-17(9-11-18)22-20(19-7-5-6-12-33-19)21-23(41-22)34-16-36(24(21)37)15-29(30,31)32/h5-12,16,39H,13-15H2,1-4H3,(H,35,38). The zero-order valence-electron chi connectivity index (χ0n) is 22.9. The number of pyridine rings is 1. The number of ether oxygens (including phenoxy) is 1. The van der Waals surface area contributed by atoms with E-state index in [9.17, 15) is 27.9 Å². The Morgan fingerprint density at radius 1 is 1.12 bits per heavy atom. The molecule has 0 bridgehead atoms. The average Bonchev–Trinajstić information content (AvgIpc) is 3.23. The molecule has 1 fully saturated rings. The first-order valence-corrected chi connectivity index (χ1v) is 13.7. The largest absolute Gasteiger partial charge is 0.438 e. The van der Waals surface area contributed by atoms with Crippen molar-refractivity contribution in [1.29, 1.82) is 0 Å². The summed E-state index contributed by atoms with van der Waals surface area (Å²) in [5.41, 5.74) is -1.16. The van der Waals surface area contributed by atoms with Crippen molar-refractivity contribution in [3.63, 3.8) is 0 Å². The highest BCUT2D eigenvalue weighted by Gasteiger charge is 2.55. The predicted molar refractivity (Wildman–Crippen MR) is 150 cm³/mol. The molecule has 0 unspecified atom stereocenters. The molecule has 1 aromatic carbocycles. The number of carbonyl (C=O) groups excluding carboxylic acids is 1. The number of nitrogens with zero attached hydrogens (tertiary/aromatic N) is 3. The van der Waals surface area contributed by atoms with Crippen molar-refractivity contribution in [2.75, 3.05) is 0 Å². The van der Waals surface area contributed by atoms with Crippen LogP contribution in [0.5, 0.6) is 0 Å². The molecule has 3 heterocycles. The van der Waals surface area contributed by atoms with Gasteiger partial charge in [0, 0.05) is 35.0 Å². The lowest BCUT2D eigenvalue weighted by Crippen LogP contribution is -2.57. The minimum Gasteiger partial charge on any atom is -0.438 e. The van der Waals surface area contributed by atoms with Gasteiger partial charge in [-0.1, -0.05) is 30.3 Å². The first-order valence-electron chi connectivity index (χ1n) is 12.9. The van der Waals surface area contributed by atoms with Crippen LogP contribution in [0.3, 0.4) is 0 Å². The van der Waals surface area contributed by atoms with Crippen LogP contribution < -0.4 is 10.9 Å². The number of rotatable bonds is 5. The molecule has 4 aromatic rings. The van der Waals surface area contributed by atoms with Gasteiger partial charge in [-0.3, -0.25) is 14.3 Å². The Hall–Kier alpha value is -3.77.